The highest BCUT2D eigenvalue weighted by molar-refractivity contribution is 7.99. The van der Waals surface area contributed by atoms with Crippen LogP contribution in [0, 0.1) is 0 Å². The van der Waals surface area contributed by atoms with E-state index in [-0.39, 0.29) is 5.41 Å². The highest BCUT2D eigenvalue weighted by Crippen LogP contribution is 2.24. The predicted octanol–water partition coefficient (Wildman–Crippen LogP) is 2.46. The second-order valence-electron chi connectivity index (χ2n) is 4.80. The Balaban J connectivity index is 2.58. The second kappa shape index (κ2) is 5.53. The van der Waals surface area contributed by atoms with Crippen molar-refractivity contribution in [3.8, 4) is 0 Å². The van der Waals surface area contributed by atoms with E-state index in [2.05, 4.69) is 10.2 Å². The highest BCUT2D eigenvalue weighted by atomic mass is 32.2. The van der Waals surface area contributed by atoms with Crippen LogP contribution in [0.15, 0.2) is 4.42 Å². The van der Waals surface area contributed by atoms with Crippen LogP contribution in [0.1, 0.15) is 45.9 Å². The molecular formula is C11H18N2O3S. The first-order valence-electron chi connectivity index (χ1n) is 5.52. The van der Waals surface area contributed by atoms with Gasteiger partial charge in [-0.1, -0.05) is 27.7 Å². The third-order valence-corrected chi connectivity index (χ3v) is 3.51. The number of carboxylic acid groups (broad SMARTS) is 1. The van der Waals surface area contributed by atoms with Crippen molar-refractivity contribution >= 4 is 17.7 Å². The van der Waals surface area contributed by atoms with Crippen LogP contribution < -0.4 is 0 Å². The average molecular weight is 258 g/mol. The molecule has 0 fully saturated rings. The Hall–Kier alpha value is -1.04. The summed E-state index contributed by atoms with van der Waals surface area (Å²) in [5.74, 6) is 0.706. The van der Waals surface area contributed by atoms with Gasteiger partial charge in [0.05, 0.1) is 5.75 Å². The Morgan fingerprint density at radius 3 is 2.53 bits per heavy atom. The molecule has 0 aromatic carbocycles. The summed E-state index contributed by atoms with van der Waals surface area (Å²) in [6.07, 6.45) is 0.584. The monoisotopic (exact) mass is 258 g/mol. The van der Waals surface area contributed by atoms with Gasteiger partial charge in [0.25, 0.3) is 0 Å². The van der Waals surface area contributed by atoms with Crippen molar-refractivity contribution in [1.82, 2.24) is 10.2 Å². The van der Waals surface area contributed by atoms with Crippen LogP contribution in [0.3, 0.4) is 0 Å². The number of aromatic nitrogens is 2. The summed E-state index contributed by atoms with van der Waals surface area (Å²) in [4.78, 5) is 10.8. The summed E-state index contributed by atoms with van der Waals surface area (Å²) >= 11 is 1.31. The van der Waals surface area contributed by atoms with Crippen molar-refractivity contribution in [3.05, 3.63) is 11.8 Å². The molecule has 0 aliphatic heterocycles. The smallest absolute Gasteiger partial charge is 0.316 e. The Morgan fingerprint density at radius 1 is 1.47 bits per heavy atom. The molecule has 1 unspecified atom stereocenters. The molecule has 0 spiro atoms. The van der Waals surface area contributed by atoms with Crippen LogP contribution in [-0.4, -0.2) is 26.5 Å². The van der Waals surface area contributed by atoms with Gasteiger partial charge in [-0.25, -0.2) is 0 Å². The van der Waals surface area contributed by atoms with Gasteiger partial charge in [0.2, 0.25) is 11.8 Å². The summed E-state index contributed by atoms with van der Waals surface area (Å²) in [6, 6.07) is 0. The van der Waals surface area contributed by atoms with Crippen LogP contribution in [0.25, 0.3) is 0 Å². The molecule has 1 N–H and O–H groups in total. The van der Waals surface area contributed by atoms with Crippen molar-refractivity contribution in [2.45, 2.75) is 50.5 Å². The predicted molar refractivity (Wildman–Crippen MR) is 66.0 cm³/mol. The van der Waals surface area contributed by atoms with E-state index in [0.29, 0.717) is 24.0 Å². The fourth-order valence-corrected chi connectivity index (χ4v) is 1.99. The molecule has 96 valence electrons. The Kier molecular flexibility index (Phi) is 4.56. The van der Waals surface area contributed by atoms with Gasteiger partial charge in [0, 0.05) is 5.41 Å². The van der Waals surface area contributed by atoms with Crippen molar-refractivity contribution in [2.24, 2.45) is 0 Å². The molecule has 1 rings (SSSR count). The van der Waals surface area contributed by atoms with Crippen molar-refractivity contribution in [3.63, 3.8) is 0 Å². The minimum absolute atomic E-state index is 0.174. The summed E-state index contributed by atoms with van der Waals surface area (Å²) in [6.45, 7) is 7.82. The summed E-state index contributed by atoms with van der Waals surface area (Å²) in [5, 5.41) is 16.4. The Morgan fingerprint density at radius 2 is 2.12 bits per heavy atom. The topological polar surface area (TPSA) is 76.2 Å². The lowest BCUT2D eigenvalue weighted by Crippen LogP contribution is -2.15. The molecule has 6 heteroatoms. The zero-order valence-corrected chi connectivity index (χ0v) is 11.4. The number of thioether (sulfide) groups is 1. The number of hydrogen-bond donors (Lipinski definition) is 1. The van der Waals surface area contributed by atoms with Gasteiger partial charge < -0.3 is 9.52 Å². The molecular weight excluding hydrogens is 240 g/mol. The molecule has 0 radical (unpaired) electrons. The SMILES string of the molecule is CCC(SCc1nnc(C(C)(C)C)o1)C(=O)O. The third kappa shape index (κ3) is 4.03. The van der Waals surface area contributed by atoms with E-state index in [0.717, 1.165) is 0 Å². The lowest BCUT2D eigenvalue weighted by molar-refractivity contribution is -0.136. The molecule has 0 saturated heterocycles. The molecule has 0 amide bonds. The molecule has 1 aromatic rings. The van der Waals surface area contributed by atoms with E-state index in [1.54, 1.807) is 0 Å². The first kappa shape index (κ1) is 14.0. The van der Waals surface area contributed by atoms with E-state index < -0.39 is 11.2 Å². The maximum Gasteiger partial charge on any atom is 0.316 e. The number of nitrogens with zero attached hydrogens (tertiary/aromatic N) is 2. The summed E-state index contributed by atoms with van der Waals surface area (Å²) in [5.41, 5.74) is -0.174. The largest absolute Gasteiger partial charge is 0.480 e. The maximum atomic E-state index is 10.8. The van der Waals surface area contributed by atoms with Crippen LogP contribution >= 0.6 is 11.8 Å². The molecule has 0 aliphatic carbocycles. The van der Waals surface area contributed by atoms with Gasteiger partial charge in [0.15, 0.2) is 0 Å². The van der Waals surface area contributed by atoms with Gasteiger partial charge in [-0.2, -0.15) is 0 Å². The number of hydrogen-bond acceptors (Lipinski definition) is 5. The zero-order chi connectivity index (χ0) is 13.1. The summed E-state index contributed by atoms with van der Waals surface area (Å²) < 4.78 is 5.49. The van der Waals surface area contributed by atoms with Crippen molar-refractivity contribution < 1.29 is 14.3 Å². The lowest BCUT2D eigenvalue weighted by Gasteiger charge is -2.11. The fourth-order valence-electron chi connectivity index (χ4n) is 1.15. The van der Waals surface area contributed by atoms with E-state index >= 15 is 0 Å². The normalized spacial score (nSPS) is 13.6. The van der Waals surface area contributed by atoms with Crippen LogP contribution in [0.5, 0.6) is 0 Å². The molecule has 0 saturated carbocycles. The Labute approximate surface area is 105 Å². The fraction of sp³-hybridized carbons (Fsp3) is 0.727. The van der Waals surface area contributed by atoms with E-state index in [1.807, 2.05) is 27.7 Å². The van der Waals surface area contributed by atoms with Gasteiger partial charge in [-0.15, -0.1) is 22.0 Å². The molecule has 1 heterocycles. The van der Waals surface area contributed by atoms with Crippen molar-refractivity contribution in [1.29, 1.82) is 0 Å². The van der Waals surface area contributed by atoms with E-state index in [1.165, 1.54) is 11.8 Å². The Bertz CT molecular complexity index is 384. The third-order valence-electron chi connectivity index (χ3n) is 2.16. The minimum Gasteiger partial charge on any atom is -0.480 e. The van der Waals surface area contributed by atoms with Gasteiger partial charge in [0.1, 0.15) is 5.25 Å². The first-order chi connectivity index (χ1) is 7.84. The second-order valence-corrected chi connectivity index (χ2v) is 5.99. The van der Waals surface area contributed by atoms with E-state index in [9.17, 15) is 4.79 Å². The quantitative estimate of drug-likeness (QED) is 0.874. The molecule has 0 aliphatic rings. The standard InChI is InChI=1S/C11H18N2O3S/c1-5-7(9(14)15)17-6-8-12-13-10(16-8)11(2,3)4/h7H,5-6H2,1-4H3,(H,14,15). The zero-order valence-electron chi connectivity index (χ0n) is 10.6. The maximum absolute atomic E-state index is 10.8. The van der Waals surface area contributed by atoms with Gasteiger partial charge >= 0.3 is 5.97 Å². The summed E-state index contributed by atoms with van der Waals surface area (Å²) in [7, 11) is 0. The molecule has 1 aromatic heterocycles. The molecule has 0 bridgehead atoms. The van der Waals surface area contributed by atoms with Gasteiger partial charge in [-0.05, 0) is 6.42 Å². The van der Waals surface area contributed by atoms with Gasteiger partial charge in [-0.3, -0.25) is 4.79 Å². The lowest BCUT2D eigenvalue weighted by atomic mass is 9.97. The minimum atomic E-state index is -0.798. The average Bonchev–Trinajstić information content (AvgIpc) is 2.66. The van der Waals surface area contributed by atoms with Crippen LogP contribution in [-0.2, 0) is 16.0 Å². The molecule has 5 nitrogen and oxygen atoms in total. The first-order valence-corrected chi connectivity index (χ1v) is 6.56. The van der Waals surface area contributed by atoms with Crippen LogP contribution in [0.4, 0.5) is 0 Å². The highest BCUT2D eigenvalue weighted by Gasteiger charge is 2.22. The number of carboxylic acids is 1. The number of carbonyl (C=O) groups is 1. The number of aliphatic carboxylic acids is 1. The number of rotatable bonds is 5. The molecule has 1 atom stereocenters. The van der Waals surface area contributed by atoms with E-state index in [4.69, 9.17) is 9.52 Å². The molecule has 17 heavy (non-hydrogen) atoms. The van der Waals surface area contributed by atoms with Crippen LogP contribution in [0.2, 0.25) is 0 Å². The van der Waals surface area contributed by atoms with Crippen molar-refractivity contribution in [2.75, 3.05) is 0 Å².